The third-order valence-electron chi connectivity index (χ3n) is 2.67. The first-order valence-corrected chi connectivity index (χ1v) is 5.63. The van der Waals surface area contributed by atoms with Crippen molar-refractivity contribution in [1.29, 1.82) is 0 Å². The number of para-hydroxylation sites is 1. The average molecular weight is 254 g/mol. The SMILES string of the molecule is O=C(O)c1cccc2[nH]c(Nc3cccnc3)nc12. The van der Waals surface area contributed by atoms with E-state index in [0.29, 0.717) is 17.0 Å². The van der Waals surface area contributed by atoms with Crippen LogP contribution in [0.4, 0.5) is 11.6 Å². The molecule has 0 fully saturated rings. The number of imidazole rings is 1. The van der Waals surface area contributed by atoms with Crippen molar-refractivity contribution in [2.45, 2.75) is 0 Å². The van der Waals surface area contributed by atoms with Gasteiger partial charge in [-0.15, -0.1) is 0 Å². The van der Waals surface area contributed by atoms with E-state index in [-0.39, 0.29) is 5.56 Å². The van der Waals surface area contributed by atoms with Crippen LogP contribution in [0, 0.1) is 0 Å². The molecule has 19 heavy (non-hydrogen) atoms. The van der Waals surface area contributed by atoms with Crippen molar-refractivity contribution in [3.05, 3.63) is 48.3 Å². The summed E-state index contributed by atoms with van der Waals surface area (Å²) in [5.41, 5.74) is 2.05. The first kappa shape index (κ1) is 11.2. The zero-order valence-corrected chi connectivity index (χ0v) is 9.79. The predicted molar refractivity (Wildman–Crippen MR) is 70.6 cm³/mol. The van der Waals surface area contributed by atoms with E-state index in [1.165, 1.54) is 6.07 Å². The number of benzene rings is 1. The number of rotatable bonds is 3. The number of carbonyl (C=O) groups is 1. The number of carboxylic acid groups (broad SMARTS) is 1. The van der Waals surface area contributed by atoms with Gasteiger partial charge in [0.15, 0.2) is 0 Å². The second-order valence-electron chi connectivity index (χ2n) is 3.96. The zero-order valence-electron chi connectivity index (χ0n) is 9.79. The third-order valence-corrected chi connectivity index (χ3v) is 2.67. The van der Waals surface area contributed by atoms with Crippen LogP contribution < -0.4 is 5.32 Å². The molecule has 6 heteroatoms. The van der Waals surface area contributed by atoms with Crippen LogP contribution in [0.3, 0.4) is 0 Å². The average Bonchev–Trinajstić information content (AvgIpc) is 2.81. The molecule has 0 atom stereocenters. The number of nitrogens with one attached hydrogen (secondary N) is 2. The van der Waals surface area contributed by atoms with E-state index in [0.717, 1.165) is 5.69 Å². The second kappa shape index (κ2) is 4.41. The Hall–Kier alpha value is -2.89. The summed E-state index contributed by atoms with van der Waals surface area (Å²) in [5.74, 6) is -0.512. The van der Waals surface area contributed by atoms with Gasteiger partial charge in [-0.2, -0.15) is 0 Å². The van der Waals surface area contributed by atoms with Gasteiger partial charge < -0.3 is 15.4 Å². The van der Waals surface area contributed by atoms with Crippen LogP contribution in [-0.2, 0) is 0 Å². The highest BCUT2D eigenvalue weighted by Crippen LogP contribution is 2.20. The Morgan fingerprint density at radius 2 is 2.16 bits per heavy atom. The van der Waals surface area contributed by atoms with Crippen LogP contribution in [-0.4, -0.2) is 26.0 Å². The number of aromatic carboxylic acids is 1. The molecule has 1 aromatic carbocycles. The van der Waals surface area contributed by atoms with Crippen LogP contribution in [0.15, 0.2) is 42.7 Å². The zero-order chi connectivity index (χ0) is 13.2. The van der Waals surface area contributed by atoms with Gasteiger partial charge in [0.1, 0.15) is 5.52 Å². The van der Waals surface area contributed by atoms with Gasteiger partial charge >= 0.3 is 5.97 Å². The van der Waals surface area contributed by atoms with Crippen molar-refractivity contribution >= 4 is 28.6 Å². The van der Waals surface area contributed by atoms with Gasteiger partial charge in [-0.25, -0.2) is 9.78 Å². The van der Waals surface area contributed by atoms with Crippen LogP contribution in [0.1, 0.15) is 10.4 Å². The minimum Gasteiger partial charge on any atom is -0.478 e. The number of hydrogen-bond donors (Lipinski definition) is 3. The topological polar surface area (TPSA) is 90.9 Å². The summed E-state index contributed by atoms with van der Waals surface area (Å²) in [7, 11) is 0. The summed E-state index contributed by atoms with van der Waals surface area (Å²) in [4.78, 5) is 22.4. The summed E-state index contributed by atoms with van der Waals surface area (Å²) < 4.78 is 0. The first-order valence-electron chi connectivity index (χ1n) is 5.63. The molecule has 0 spiro atoms. The van der Waals surface area contributed by atoms with Gasteiger partial charge in [-0.1, -0.05) is 6.07 Å². The molecule has 0 radical (unpaired) electrons. The maximum atomic E-state index is 11.1. The smallest absolute Gasteiger partial charge is 0.337 e. The number of H-pyrrole nitrogens is 1. The van der Waals surface area contributed by atoms with Gasteiger partial charge in [-0.05, 0) is 24.3 Å². The summed E-state index contributed by atoms with van der Waals surface area (Å²) in [6, 6.07) is 8.63. The van der Waals surface area contributed by atoms with E-state index >= 15 is 0 Å². The fourth-order valence-electron chi connectivity index (χ4n) is 1.84. The minimum absolute atomic E-state index is 0.174. The lowest BCUT2D eigenvalue weighted by Crippen LogP contribution is -1.97. The van der Waals surface area contributed by atoms with E-state index < -0.39 is 5.97 Å². The quantitative estimate of drug-likeness (QED) is 0.667. The number of nitrogens with zero attached hydrogens (tertiary/aromatic N) is 2. The maximum Gasteiger partial charge on any atom is 0.337 e. The van der Waals surface area contributed by atoms with E-state index in [1.807, 2.05) is 6.07 Å². The van der Waals surface area contributed by atoms with E-state index in [9.17, 15) is 4.79 Å². The van der Waals surface area contributed by atoms with E-state index in [2.05, 4.69) is 20.3 Å². The Labute approximate surface area is 108 Å². The van der Waals surface area contributed by atoms with E-state index in [4.69, 9.17) is 5.11 Å². The van der Waals surface area contributed by atoms with Crippen LogP contribution in [0.5, 0.6) is 0 Å². The Bertz CT molecular complexity index is 737. The number of aromatic nitrogens is 3. The Morgan fingerprint density at radius 3 is 2.89 bits per heavy atom. The number of fused-ring (bicyclic) bond motifs is 1. The van der Waals surface area contributed by atoms with Gasteiger partial charge in [-0.3, -0.25) is 4.98 Å². The molecule has 0 aliphatic rings. The summed E-state index contributed by atoms with van der Waals surface area (Å²) >= 11 is 0. The van der Waals surface area contributed by atoms with Crippen LogP contribution in [0.25, 0.3) is 11.0 Å². The Morgan fingerprint density at radius 1 is 1.26 bits per heavy atom. The lowest BCUT2D eigenvalue weighted by molar-refractivity contribution is 0.0699. The molecule has 3 aromatic rings. The number of pyridine rings is 1. The number of carboxylic acids is 1. The molecule has 0 saturated carbocycles. The highest BCUT2D eigenvalue weighted by Gasteiger charge is 2.12. The van der Waals surface area contributed by atoms with Crippen LogP contribution in [0.2, 0.25) is 0 Å². The van der Waals surface area contributed by atoms with Crippen molar-refractivity contribution < 1.29 is 9.90 Å². The van der Waals surface area contributed by atoms with Crippen molar-refractivity contribution in [3.8, 4) is 0 Å². The number of hydrogen-bond acceptors (Lipinski definition) is 4. The fourth-order valence-corrected chi connectivity index (χ4v) is 1.84. The molecule has 6 nitrogen and oxygen atoms in total. The molecule has 2 aromatic heterocycles. The lowest BCUT2D eigenvalue weighted by Gasteiger charge is -1.99. The summed E-state index contributed by atoms with van der Waals surface area (Å²) in [5, 5.41) is 12.1. The maximum absolute atomic E-state index is 11.1. The molecule has 94 valence electrons. The molecule has 0 saturated heterocycles. The monoisotopic (exact) mass is 254 g/mol. The predicted octanol–water partition coefficient (Wildman–Crippen LogP) is 2.40. The molecule has 0 unspecified atom stereocenters. The standard InChI is InChI=1S/C13H10N4O2/c18-12(19)9-4-1-5-10-11(9)17-13(16-10)15-8-3-2-6-14-7-8/h1-7H,(H,18,19)(H2,15,16,17). The van der Waals surface area contributed by atoms with E-state index in [1.54, 1.807) is 30.6 Å². The molecule has 0 bridgehead atoms. The normalized spacial score (nSPS) is 10.5. The molecule has 2 heterocycles. The van der Waals surface area contributed by atoms with Crippen LogP contribution >= 0.6 is 0 Å². The van der Waals surface area contributed by atoms with Crippen molar-refractivity contribution in [3.63, 3.8) is 0 Å². The summed E-state index contributed by atoms with van der Waals surface area (Å²) in [6.45, 7) is 0. The Balaban J connectivity index is 2.03. The highest BCUT2D eigenvalue weighted by atomic mass is 16.4. The van der Waals surface area contributed by atoms with Crippen molar-refractivity contribution in [2.24, 2.45) is 0 Å². The van der Waals surface area contributed by atoms with Crippen molar-refractivity contribution in [1.82, 2.24) is 15.0 Å². The number of anilines is 2. The molecule has 0 amide bonds. The molecule has 3 rings (SSSR count). The molecular formula is C13H10N4O2. The van der Waals surface area contributed by atoms with Gasteiger partial charge in [0.25, 0.3) is 0 Å². The molecular weight excluding hydrogens is 244 g/mol. The molecule has 0 aliphatic heterocycles. The lowest BCUT2D eigenvalue weighted by atomic mass is 10.2. The highest BCUT2D eigenvalue weighted by molar-refractivity contribution is 6.01. The molecule has 3 N–H and O–H groups in total. The largest absolute Gasteiger partial charge is 0.478 e. The number of aromatic amines is 1. The van der Waals surface area contributed by atoms with Gasteiger partial charge in [0.2, 0.25) is 5.95 Å². The molecule has 0 aliphatic carbocycles. The first-order chi connectivity index (χ1) is 9.24. The minimum atomic E-state index is -0.995. The van der Waals surface area contributed by atoms with Gasteiger partial charge in [0.05, 0.1) is 23.0 Å². The second-order valence-corrected chi connectivity index (χ2v) is 3.96. The fraction of sp³-hybridized carbons (Fsp3) is 0. The summed E-state index contributed by atoms with van der Waals surface area (Å²) in [6.07, 6.45) is 3.33. The Kier molecular flexibility index (Phi) is 2.60. The third kappa shape index (κ3) is 2.11. The van der Waals surface area contributed by atoms with Crippen molar-refractivity contribution in [2.75, 3.05) is 5.32 Å². The van der Waals surface area contributed by atoms with Gasteiger partial charge in [0, 0.05) is 6.20 Å².